The van der Waals surface area contributed by atoms with E-state index >= 15 is 0 Å². The Morgan fingerprint density at radius 1 is 1.21 bits per heavy atom. The van der Waals surface area contributed by atoms with Gasteiger partial charge >= 0.3 is 5.97 Å². The molecule has 1 aliphatic carbocycles. The SMILES string of the molecule is CCOC(=O)CC1(c2cc(C)cc(OC)c2OC)C=CCC1(C)C. The first kappa shape index (κ1) is 18.4. The van der Waals surface area contributed by atoms with Gasteiger partial charge in [0.1, 0.15) is 0 Å². The van der Waals surface area contributed by atoms with Crippen LogP contribution in [0.5, 0.6) is 11.5 Å². The van der Waals surface area contributed by atoms with Crippen molar-refractivity contribution in [3.8, 4) is 11.5 Å². The lowest BCUT2D eigenvalue weighted by atomic mass is 9.61. The highest BCUT2D eigenvalue weighted by Gasteiger charge is 2.50. The van der Waals surface area contributed by atoms with Crippen molar-refractivity contribution in [2.75, 3.05) is 20.8 Å². The lowest BCUT2D eigenvalue weighted by Crippen LogP contribution is -2.40. The van der Waals surface area contributed by atoms with Crippen LogP contribution in [-0.4, -0.2) is 26.8 Å². The summed E-state index contributed by atoms with van der Waals surface area (Å²) < 4.78 is 16.5. The van der Waals surface area contributed by atoms with Crippen LogP contribution in [0.1, 0.15) is 44.7 Å². The number of allylic oxidation sites excluding steroid dienone is 2. The molecule has 1 unspecified atom stereocenters. The second-order valence-electron chi connectivity index (χ2n) is 6.99. The number of esters is 1. The molecule has 132 valence electrons. The third kappa shape index (κ3) is 3.02. The van der Waals surface area contributed by atoms with E-state index in [9.17, 15) is 4.79 Å². The topological polar surface area (TPSA) is 44.8 Å². The highest BCUT2D eigenvalue weighted by atomic mass is 16.5. The first-order chi connectivity index (χ1) is 11.3. The molecule has 1 atom stereocenters. The molecular weight excluding hydrogens is 304 g/mol. The van der Waals surface area contributed by atoms with E-state index in [4.69, 9.17) is 14.2 Å². The van der Waals surface area contributed by atoms with Crippen LogP contribution < -0.4 is 9.47 Å². The number of benzene rings is 1. The lowest BCUT2D eigenvalue weighted by Gasteiger charge is -2.42. The summed E-state index contributed by atoms with van der Waals surface area (Å²) in [5.74, 6) is 1.18. The Morgan fingerprint density at radius 2 is 1.92 bits per heavy atom. The number of hydrogen-bond acceptors (Lipinski definition) is 4. The molecule has 1 aliphatic rings. The van der Waals surface area contributed by atoms with Crippen molar-refractivity contribution in [2.45, 2.75) is 46.0 Å². The van der Waals surface area contributed by atoms with Crippen LogP contribution in [0, 0.1) is 12.3 Å². The van der Waals surface area contributed by atoms with Gasteiger partial charge in [0.25, 0.3) is 0 Å². The average Bonchev–Trinajstić information content (AvgIpc) is 2.81. The van der Waals surface area contributed by atoms with E-state index in [2.05, 4.69) is 32.1 Å². The van der Waals surface area contributed by atoms with E-state index in [0.29, 0.717) is 18.1 Å². The van der Waals surface area contributed by atoms with Crippen LogP contribution >= 0.6 is 0 Å². The van der Waals surface area contributed by atoms with Crippen LogP contribution in [-0.2, 0) is 14.9 Å². The Kier molecular flexibility index (Phi) is 5.26. The van der Waals surface area contributed by atoms with E-state index in [1.807, 2.05) is 19.9 Å². The Labute approximate surface area is 144 Å². The minimum Gasteiger partial charge on any atom is -0.493 e. The fourth-order valence-electron chi connectivity index (χ4n) is 3.68. The molecule has 0 N–H and O–H groups in total. The van der Waals surface area contributed by atoms with Crippen molar-refractivity contribution in [1.82, 2.24) is 0 Å². The number of methoxy groups -OCH3 is 2. The predicted octanol–water partition coefficient (Wildman–Crippen LogP) is 4.19. The molecule has 1 aromatic rings. The predicted molar refractivity (Wildman–Crippen MR) is 94.7 cm³/mol. The second kappa shape index (κ2) is 6.88. The monoisotopic (exact) mass is 332 g/mol. The maximum atomic E-state index is 12.4. The molecular formula is C20H28O4. The molecule has 0 fully saturated rings. The Balaban J connectivity index is 2.67. The summed E-state index contributed by atoms with van der Waals surface area (Å²) in [6.45, 7) is 8.60. The van der Waals surface area contributed by atoms with Gasteiger partial charge in [0.15, 0.2) is 11.5 Å². The molecule has 1 aromatic carbocycles. The van der Waals surface area contributed by atoms with Crippen LogP contribution in [0.4, 0.5) is 0 Å². The number of carbonyl (C=O) groups excluding carboxylic acids is 1. The van der Waals surface area contributed by atoms with Crippen LogP contribution in [0.2, 0.25) is 0 Å². The molecule has 0 bridgehead atoms. The first-order valence-electron chi connectivity index (χ1n) is 8.37. The largest absolute Gasteiger partial charge is 0.493 e. The highest BCUT2D eigenvalue weighted by Crippen LogP contribution is 2.56. The molecule has 0 saturated carbocycles. The van der Waals surface area contributed by atoms with Gasteiger partial charge in [-0.2, -0.15) is 0 Å². The summed E-state index contributed by atoms with van der Waals surface area (Å²) in [6, 6.07) is 4.05. The molecule has 0 amide bonds. The summed E-state index contributed by atoms with van der Waals surface area (Å²) in [4.78, 5) is 12.4. The van der Waals surface area contributed by atoms with Gasteiger partial charge in [-0.15, -0.1) is 0 Å². The zero-order chi connectivity index (χ0) is 18.0. The second-order valence-corrected chi connectivity index (χ2v) is 6.99. The standard InChI is InChI=1S/C20H28O4/c1-7-24-17(21)13-20(10-8-9-19(20,3)4)15-11-14(2)12-16(22-5)18(15)23-6/h8,10-12H,7,9,13H2,1-6H3. The number of hydrogen-bond donors (Lipinski definition) is 0. The van der Waals surface area contributed by atoms with Gasteiger partial charge in [0.2, 0.25) is 0 Å². The normalized spacial score (nSPS) is 21.6. The van der Waals surface area contributed by atoms with Crippen molar-refractivity contribution in [2.24, 2.45) is 5.41 Å². The van der Waals surface area contributed by atoms with E-state index in [1.54, 1.807) is 14.2 Å². The van der Waals surface area contributed by atoms with Crippen LogP contribution in [0.3, 0.4) is 0 Å². The zero-order valence-corrected chi connectivity index (χ0v) is 15.6. The molecule has 4 heteroatoms. The van der Waals surface area contributed by atoms with Gasteiger partial charge in [-0.05, 0) is 37.3 Å². The van der Waals surface area contributed by atoms with Crippen molar-refractivity contribution in [3.63, 3.8) is 0 Å². The fourth-order valence-corrected chi connectivity index (χ4v) is 3.68. The molecule has 4 nitrogen and oxygen atoms in total. The molecule has 24 heavy (non-hydrogen) atoms. The quantitative estimate of drug-likeness (QED) is 0.579. The van der Waals surface area contributed by atoms with Crippen LogP contribution in [0.25, 0.3) is 0 Å². The third-order valence-electron chi connectivity index (χ3n) is 5.07. The van der Waals surface area contributed by atoms with Gasteiger partial charge in [0.05, 0.1) is 27.2 Å². The molecule has 0 aliphatic heterocycles. The summed E-state index contributed by atoms with van der Waals surface area (Å²) in [5, 5.41) is 0. The van der Waals surface area contributed by atoms with Crippen LogP contribution in [0.15, 0.2) is 24.3 Å². The number of carbonyl (C=O) groups is 1. The van der Waals surface area contributed by atoms with E-state index in [1.165, 1.54) is 0 Å². The highest BCUT2D eigenvalue weighted by molar-refractivity contribution is 5.74. The van der Waals surface area contributed by atoms with E-state index in [0.717, 1.165) is 17.5 Å². The molecule has 0 spiro atoms. The Hall–Kier alpha value is -1.97. The van der Waals surface area contributed by atoms with Gasteiger partial charge in [0, 0.05) is 11.0 Å². The Morgan fingerprint density at radius 3 is 2.42 bits per heavy atom. The summed E-state index contributed by atoms with van der Waals surface area (Å²) in [7, 11) is 3.27. The summed E-state index contributed by atoms with van der Waals surface area (Å²) >= 11 is 0. The minimum atomic E-state index is -0.482. The van der Waals surface area contributed by atoms with Gasteiger partial charge in [-0.3, -0.25) is 4.79 Å². The molecule has 0 saturated heterocycles. The maximum Gasteiger partial charge on any atom is 0.307 e. The molecule has 2 rings (SSSR count). The third-order valence-corrected chi connectivity index (χ3v) is 5.07. The average molecular weight is 332 g/mol. The van der Waals surface area contributed by atoms with E-state index < -0.39 is 5.41 Å². The van der Waals surface area contributed by atoms with Gasteiger partial charge in [-0.25, -0.2) is 0 Å². The number of aryl methyl sites for hydroxylation is 1. The fraction of sp³-hybridized carbons (Fsp3) is 0.550. The first-order valence-corrected chi connectivity index (χ1v) is 8.37. The van der Waals surface area contributed by atoms with Gasteiger partial charge < -0.3 is 14.2 Å². The van der Waals surface area contributed by atoms with Crippen molar-refractivity contribution in [3.05, 3.63) is 35.4 Å². The van der Waals surface area contributed by atoms with E-state index in [-0.39, 0.29) is 17.8 Å². The van der Waals surface area contributed by atoms with Gasteiger partial charge in [-0.1, -0.05) is 32.1 Å². The smallest absolute Gasteiger partial charge is 0.307 e. The Bertz CT molecular complexity index is 645. The summed E-state index contributed by atoms with van der Waals surface area (Å²) in [6.07, 6.45) is 5.47. The lowest BCUT2D eigenvalue weighted by molar-refractivity contribution is -0.145. The van der Waals surface area contributed by atoms with Crippen molar-refractivity contribution < 1.29 is 19.0 Å². The number of ether oxygens (including phenoxy) is 3. The summed E-state index contributed by atoms with van der Waals surface area (Å²) in [5.41, 5.74) is 1.44. The van der Waals surface area contributed by atoms with Crippen molar-refractivity contribution >= 4 is 5.97 Å². The maximum absolute atomic E-state index is 12.4. The minimum absolute atomic E-state index is 0.133. The zero-order valence-electron chi connectivity index (χ0n) is 15.6. The molecule has 0 heterocycles. The molecule has 0 radical (unpaired) electrons. The molecule has 0 aromatic heterocycles. The number of rotatable bonds is 6. The van der Waals surface area contributed by atoms with Crippen molar-refractivity contribution in [1.29, 1.82) is 0 Å².